The highest BCUT2D eigenvalue weighted by molar-refractivity contribution is 5.77. The van der Waals surface area contributed by atoms with Crippen molar-refractivity contribution in [2.75, 3.05) is 26.2 Å². The normalized spacial score (nSPS) is 18.3. The molecule has 0 spiro atoms. The number of ether oxygens (including phenoxy) is 1. The minimum Gasteiger partial charge on any atom is -0.483 e. The molecule has 116 valence electrons. The van der Waals surface area contributed by atoms with Crippen LogP contribution in [-0.2, 0) is 4.79 Å². The fraction of sp³-hybridized carbons (Fsp3) is 0.588. The Labute approximate surface area is 127 Å². The van der Waals surface area contributed by atoms with Gasteiger partial charge in [-0.1, -0.05) is 12.1 Å². The van der Waals surface area contributed by atoms with E-state index in [2.05, 4.69) is 10.6 Å². The van der Waals surface area contributed by atoms with Crippen LogP contribution in [0.15, 0.2) is 18.2 Å². The number of amides is 1. The van der Waals surface area contributed by atoms with Crippen molar-refractivity contribution in [3.8, 4) is 5.75 Å². The minimum absolute atomic E-state index is 0.0420. The van der Waals surface area contributed by atoms with Crippen LogP contribution in [0.1, 0.15) is 30.4 Å². The molecule has 1 unspecified atom stereocenters. The molecule has 1 amide bonds. The summed E-state index contributed by atoms with van der Waals surface area (Å²) in [6.45, 7) is 7.04. The van der Waals surface area contributed by atoms with Gasteiger partial charge < -0.3 is 15.4 Å². The number of carbonyl (C=O) groups excluding carboxylic acids is 1. The van der Waals surface area contributed by atoms with E-state index < -0.39 is 0 Å². The number of piperidine rings is 1. The number of carbonyl (C=O) groups is 1. The number of benzene rings is 1. The van der Waals surface area contributed by atoms with Crippen LogP contribution in [-0.4, -0.2) is 32.1 Å². The monoisotopic (exact) mass is 290 g/mol. The van der Waals surface area contributed by atoms with E-state index >= 15 is 0 Å². The first-order valence-electron chi connectivity index (χ1n) is 7.82. The lowest BCUT2D eigenvalue weighted by Crippen LogP contribution is -2.34. The van der Waals surface area contributed by atoms with E-state index in [1.54, 1.807) is 0 Å². The van der Waals surface area contributed by atoms with Crippen LogP contribution in [0.2, 0.25) is 0 Å². The second-order valence-electron chi connectivity index (χ2n) is 5.91. The van der Waals surface area contributed by atoms with Gasteiger partial charge in [0.25, 0.3) is 5.91 Å². The molecule has 0 bridgehead atoms. The minimum atomic E-state index is -0.0420. The molecule has 4 heteroatoms. The lowest BCUT2D eigenvalue weighted by molar-refractivity contribution is -0.123. The van der Waals surface area contributed by atoms with E-state index in [9.17, 15) is 4.79 Å². The molecule has 4 nitrogen and oxygen atoms in total. The Bertz CT molecular complexity index is 468. The van der Waals surface area contributed by atoms with Crippen molar-refractivity contribution in [1.29, 1.82) is 0 Å². The van der Waals surface area contributed by atoms with Gasteiger partial charge in [-0.2, -0.15) is 0 Å². The van der Waals surface area contributed by atoms with Gasteiger partial charge in [0.15, 0.2) is 6.61 Å². The summed E-state index contributed by atoms with van der Waals surface area (Å²) in [4.78, 5) is 11.8. The van der Waals surface area contributed by atoms with E-state index in [0.717, 1.165) is 42.9 Å². The van der Waals surface area contributed by atoms with Crippen molar-refractivity contribution in [2.45, 2.75) is 33.1 Å². The topological polar surface area (TPSA) is 50.4 Å². The summed E-state index contributed by atoms with van der Waals surface area (Å²) in [7, 11) is 0. The molecule has 2 N–H and O–H groups in total. The lowest BCUT2D eigenvalue weighted by atomic mass is 9.96. The molecule has 0 saturated carbocycles. The highest BCUT2D eigenvalue weighted by Crippen LogP contribution is 2.18. The largest absolute Gasteiger partial charge is 0.483 e. The Hall–Kier alpha value is -1.55. The molecule has 1 fully saturated rings. The number of rotatable bonds is 6. The Balaban J connectivity index is 1.66. The van der Waals surface area contributed by atoms with Gasteiger partial charge in [0.1, 0.15) is 5.75 Å². The van der Waals surface area contributed by atoms with Gasteiger partial charge in [-0.25, -0.2) is 0 Å². The summed E-state index contributed by atoms with van der Waals surface area (Å²) in [5, 5.41) is 6.34. The summed E-state index contributed by atoms with van der Waals surface area (Å²) in [6.07, 6.45) is 3.55. The molecular weight excluding hydrogens is 264 g/mol. The van der Waals surface area contributed by atoms with Crippen LogP contribution in [0.25, 0.3) is 0 Å². The Morgan fingerprint density at radius 1 is 1.43 bits per heavy atom. The van der Waals surface area contributed by atoms with Crippen LogP contribution in [0, 0.1) is 19.8 Å². The van der Waals surface area contributed by atoms with Gasteiger partial charge in [0.2, 0.25) is 0 Å². The fourth-order valence-electron chi connectivity index (χ4n) is 2.64. The molecule has 2 rings (SSSR count). The van der Waals surface area contributed by atoms with E-state index in [4.69, 9.17) is 4.74 Å². The highest BCUT2D eigenvalue weighted by Gasteiger charge is 2.13. The summed E-state index contributed by atoms with van der Waals surface area (Å²) in [5.74, 6) is 1.44. The van der Waals surface area contributed by atoms with Crippen molar-refractivity contribution < 1.29 is 9.53 Å². The predicted molar refractivity (Wildman–Crippen MR) is 84.6 cm³/mol. The smallest absolute Gasteiger partial charge is 0.257 e. The lowest BCUT2D eigenvalue weighted by Gasteiger charge is -2.22. The van der Waals surface area contributed by atoms with Gasteiger partial charge in [-0.3, -0.25) is 4.79 Å². The maximum Gasteiger partial charge on any atom is 0.257 e. The second kappa shape index (κ2) is 8.03. The number of hydrogen-bond acceptors (Lipinski definition) is 3. The first kappa shape index (κ1) is 15.8. The molecule has 1 aliphatic rings. The first-order chi connectivity index (χ1) is 10.1. The average Bonchev–Trinajstić information content (AvgIpc) is 2.49. The van der Waals surface area contributed by atoms with E-state index in [1.165, 1.54) is 12.8 Å². The molecule has 0 aliphatic carbocycles. The van der Waals surface area contributed by atoms with Crippen LogP contribution in [0.3, 0.4) is 0 Å². The van der Waals surface area contributed by atoms with Gasteiger partial charge >= 0.3 is 0 Å². The number of aryl methyl sites for hydroxylation is 2. The molecular formula is C17H26N2O2. The Morgan fingerprint density at radius 3 is 3.05 bits per heavy atom. The summed E-state index contributed by atoms with van der Waals surface area (Å²) < 4.78 is 5.60. The average molecular weight is 290 g/mol. The summed E-state index contributed by atoms with van der Waals surface area (Å²) >= 11 is 0. The third kappa shape index (κ3) is 5.38. The molecule has 1 saturated heterocycles. The molecule has 1 heterocycles. The van der Waals surface area contributed by atoms with Crippen molar-refractivity contribution >= 4 is 5.91 Å². The van der Waals surface area contributed by atoms with Crippen molar-refractivity contribution in [3.05, 3.63) is 29.3 Å². The molecule has 1 aromatic carbocycles. The Morgan fingerprint density at radius 2 is 2.29 bits per heavy atom. The van der Waals surface area contributed by atoms with Crippen LogP contribution in [0.5, 0.6) is 5.75 Å². The maximum atomic E-state index is 11.8. The molecule has 0 aromatic heterocycles. The third-order valence-corrected chi connectivity index (χ3v) is 3.98. The van der Waals surface area contributed by atoms with Crippen molar-refractivity contribution in [3.63, 3.8) is 0 Å². The first-order valence-corrected chi connectivity index (χ1v) is 7.82. The molecule has 1 atom stereocenters. The van der Waals surface area contributed by atoms with Crippen LogP contribution < -0.4 is 15.4 Å². The summed E-state index contributed by atoms with van der Waals surface area (Å²) in [6, 6.07) is 6.02. The van der Waals surface area contributed by atoms with Gasteiger partial charge in [-0.05, 0) is 69.3 Å². The Kier molecular flexibility index (Phi) is 6.05. The fourth-order valence-corrected chi connectivity index (χ4v) is 2.64. The van der Waals surface area contributed by atoms with E-state index in [-0.39, 0.29) is 12.5 Å². The van der Waals surface area contributed by atoms with Crippen LogP contribution in [0.4, 0.5) is 0 Å². The quantitative estimate of drug-likeness (QED) is 0.844. The number of hydrogen-bond donors (Lipinski definition) is 2. The molecule has 1 aliphatic heterocycles. The molecule has 0 radical (unpaired) electrons. The SMILES string of the molecule is Cc1ccc(C)c(OCC(=O)NCCC2CCCNC2)c1. The van der Waals surface area contributed by atoms with E-state index in [0.29, 0.717) is 5.92 Å². The second-order valence-corrected chi connectivity index (χ2v) is 5.91. The number of nitrogens with one attached hydrogen (secondary N) is 2. The van der Waals surface area contributed by atoms with E-state index in [1.807, 2.05) is 32.0 Å². The maximum absolute atomic E-state index is 11.8. The molecule has 21 heavy (non-hydrogen) atoms. The van der Waals surface area contributed by atoms with Gasteiger partial charge in [0.05, 0.1) is 0 Å². The summed E-state index contributed by atoms with van der Waals surface area (Å²) in [5.41, 5.74) is 2.20. The zero-order chi connectivity index (χ0) is 15.1. The molecule has 1 aromatic rings. The highest BCUT2D eigenvalue weighted by atomic mass is 16.5. The van der Waals surface area contributed by atoms with Crippen molar-refractivity contribution in [1.82, 2.24) is 10.6 Å². The standard InChI is InChI=1S/C17H26N2O2/c1-13-5-6-14(2)16(10-13)21-12-17(20)19-9-7-15-4-3-8-18-11-15/h5-6,10,15,18H,3-4,7-9,11-12H2,1-2H3,(H,19,20). The zero-order valence-corrected chi connectivity index (χ0v) is 13.1. The third-order valence-electron chi connectivity index (χ3n) is 3.98. The predicted octanol–water partition coefficient (Wildman–Crippen LogP) is 2.19. The van der Waals surface area contributed by atoms with Crippen LogP contribution >= 0.6 is 0 Å². The van der Waals surface area contributed by atoms with Gasteiger partial charge in [0, 0.05) is 6.54 Å². The van der Waals surface area contributed by atoms with Gasteiger partial charge in [-0.15, -0.1) is 0 Å². The zero-order valence-electron chi connectivity index (χ0n) is 13.1. The van der Waals surface area contributed by atoms with Crippen molar-refractivity contribution in [2.24, 2.45) is 5.92 Å².